The number of carbonyl (C=O) groups excluding carboxylic acids is 3. The first-order valence-corrected chi connectivity index (χ1v) is 14.3. The molecule has 0 bridgehead atoms. The van der Waals surface area contributed by atoms with E-state index in [0.717, 1.165) is 11.3 Å². The van der Waals surface area contributed by atoms with Gasteiger partial charge >= 0.3 is 0 Å². The van der Waals surface area contributed by atoms with Gasteiger partial charge in [0.2, 0.25) is 11.8 Å². The van der Waals surface area contributed by atoms with E-state index in [2.05, 4.69) is 0 Å². The lowest BCUT2D eigenvalue weighted by Gasteiger charge is -2.37. The standard InChI is InChI=1S/C30H30ClN3O4S/c1-19-9-6-12-21(31)24(19)33-16-8-14-30-23(27(37)34(17-18-35)25(30)28(33)38)22-26(36)32(20-10-4-3-5-11-20)15-7-13-29(22,2)39-30/h3-14,22-23,25,35H,15-18H2,1-2H3/t22-,23+,25?,29+,30+/m1/s1. The van der Waals surface area contributed by atoms with E-state index in [1.54, 1.807) is 15.9 Å². The highest BCUT2D eigenvalue weighted by atomic mass is 35.5. The molecular formula is C30H30ClN3O4S. The van der Waals surface area contributed by atoms with Gasteiger partial charge in [0, 0.05) is 30.1 Å². The second-order valence-electron chi connectivity index (χ2n) is 10.7. The van der Waals surface area contributed by atoms with Gasteiger partial charge in [0.1, 0.15) is 6.04 Å². The van der Waals surface area contributed by atoms with Crippen LogP contribution in [0, 0.1) is 18.8 Å². The van der Waals surface area contributed by atoms with Crippen LogP contribution in [0.4, 0.5) is 11.4 Å². The van der Waals surface area contributed by atoms with E-state index in [1.165, 1.54) is 16.7 Å². The van der Waals surface area contributed by atoms with Crippen LogP contribution in [-0.4, -0.2) is 69.5 Å². The molecule has 1 spiro atoms. The first-order chi connectivity index (χ1) is 18.7. The SMILES string of the molecule is Cc1cccc(Cl)c1N1CC=C[C@]23S[C@@]4(C)C=CCN(c5ccccc5)C(=O)[C@H]4[C@H]2C(=O)N(CCO)C3C1=O. The Morgan fingerprint density at radius 3 is 2.36 bits per heavy atom. The third-order valence-electron chi connectivity index (χ3n) is 8.42. The zero-order chi connectivity index (χ0) is 27.5. The van der Waals surface area contributed by atoms with Crippen molar-refractivity contribution in [1.29, 1.82) is 0 Å². The number of aryl methyl sites for hydroxylation is 1. The van der Waals surface area contributed by atoms with Crippen molar-refractivity contribution in [3.8, 4) is 0 Å². The fourth-order valence-corrected chi connectivity index (χ4v) is 9.36. The van der Waals surface area contributed by atoms with E-state index in [-0.39, 0.29) is 37.4 Å². The summed E-state index contributed by atoms with van der Waals surface area (Å²) in [7, 11) is 0. The van der Waals surface area contributed by atoms with E-state index in [0.29, 0.717) is 17.3 Å². The largest absolute Gasteiger partial charge is 0.395 e. The van der Waals surface area contributed by atoms with Crippen molar-refractivity contribution in [2.24, 2.45) is 11.8 Å². The third-order valence-corrected chi connectivity index (χ3v) is 10.5. The molecule has 4 aliphatic rings. The first kappa shape index (κ1) is 26.2. The number of para-hydroxylation sites is 2. The molecule has 2 aromatic rings. The van der Waals surface area contributed by atoms with E-state index < -0.39 is 27.4 Å². The minimum absolute atomic E-state index is 0.00704. The number of fused-ring (bicyclic) bond motifs is 2. The first-order valence-electron chi connectivity index (χ1n) is 13.1. The summed E-state index contributed by atoms with van der Waals surface area (Å²) in [5.74, 6) is -2.12. The zero-order valence-corrected chi connectivity index (χ0v) is 23.4. The van der Waals surface area contributed by atoms with E-state index >= 15 is 0 Å². The molecule has 0 radical (unpaired) electrons. The van der Waals surface area contributed by atoms with Crippen molar-refractivity contribution in [2.45, 2.75) is 29.4 Å². The number of amides is 3. The van der Waals surface area contributed by atoms with Crippen molar-refractivity contribution < 1.29 is 19.5 Å². The Bertz CT molecular complexity index is 1390. The van der Waals surface area contributed by atoms with Gasteiger partial charge in [-0.25, -0.2) is 0 Å². The summed E-state index contributed by atoms with van der Waals surface area (Å²) in [6, 6.07) is 14.1. The number of nitrogens with zero attached hydrogens (tertiary/aromatic N) is 3. The lowest BCUT2D eigenvalue weighted by atomic mass is 9.74. The Kier molecular flexibility index (Phi) is 6.40. The van der Waals surface area contributed by atoms with Gasteiger partial charge < -0.3 is 19.8 Å². The number of halogens is 1. The van der Waals surface area contributed by atoms with Crippen molar-refractivity contribution >= 4 is 52.5 Å². The number of carbonyl (C=O) groups is 3. The molecule has 7 nitrogen and oxygen atoms in total. The lowest BCUT2D eigenvalue weighted by molar-refractivity contribution is -0.139. The number of rotatable bonds is 4. The third kappa shape index (κ3) is 3.79. The quantitative estimate of drug-likeness (QED) is 0.572. The smallest absolute Gasteiger partial charge is 0.251 e. The zero-order valence-electron chi connectivity index (χ0n) is 21.8. The molecule has 3 amide bonds. The minimum atomic E-state index is -0.980. The maximum Gasteiger partial charge on any atom is 0.251 e. The van der Waals surface area contributed by atoms with Crippen LogP contribution in [0.15, 0.2) is 72.8 Å². The molecule has 39 heavy (non-hydrogen) atoms. The number of likely N-dealkylation sites (tertiary alicyclic amines) is 1. The second kappa shape index (κ2) is 9.54. The number of hydrogen-bond donors (Lipinski definition) is 1. The molecule has 5 atom stereocenters. The van der Waals surface area contributed by atoms with Gasteiger partial charge in [-0.15, -0.1) is 11.8 Å². The molecule has 1 N–H and O–H groups in total. The van der Waals surface area contributed by atoms with Crippen LogP contribution in [0.5, 0.6) is 0 Å². The average molecular weight is 564 g/mol. The Balaban J connectivity index is 1.49. The summed E-state index contributed by atoms with van der Waals surface area (Å²) in [5.41, 5.74) is 2.23. The molecule has 4 aliphatic heterocycles. The van der Waals surface area contributed by atoms with E-state index in [4.69, 9.17) is 11.6 Å². The summed E-state index contributed by atoms with van der Waals surface area (Å²) >= 11 is 8.11. The molecule has 6 rings (SSSR count). The van der Waals surface area contributed by atoms with Gasteiger partial charge in [-0.2, -0.15) is 0 Å². The molecule has 4 heterocycles. The van der Waals surface area contributed by atoms with E-state index in [9.17, 15) is 19.5 Å². The molecule has 0 aliphatic carbocycles. The fourth-order valence-electron chi connectivity index (χ4n) is 6.87. The lowest BCUT2D eigenvalue weighted by Crippen LogP contribution is -2.54. The summed E-state index contributed by atoms with van der Waals surface area (Å²) in [5, 5.41) is 10.4. The Morgan fingerprint density at radius 2 is 1.64 bits per heavy atom. The molecule has 202 valence electrons. The van der Waals surface area contributed by atoms with Crippen LogP contribution >= 0.6 is 23.4 Å². The molecule has 2 saturated heterocycles. The molecule has 9 heteroatoms. The summed E-state index contributed by atoms with van der Waals surface area (Å²) in [6.07, 6.45) is 7.92. The number of hydrogen-bond acceptors (Lipinski definition) is 5. The molecule has 2 fully saturated rings. The van der Waals surface area contributed by atoms with Crippen molar-refractivity contribution in [2.75, 3.05) is 36.0 Å². The maximum atomic E-state index is 14.5. The normalized spacial score (nSPS) is 31.7. The number of anilines is 2. The summed E-state index contributed by atoms with van der Waals surface area (Å²) in [6.45, 7) is 4.31. The van der Waals surface area contributed by atoms with Crippen LogP contribution < -0.4 is 9.80 Å². The summed E-state index contributed by atoms with van der Waals surface area (Å²) in [4.78, 5) is 47.9. The van der Waals surface area contributed by atoms with Crippen LogP contribution in [0.3, 0.4) is 0 Å². The highest BCUT2D eigenvalue weighted by Gasteiger charge is 2.74. The van der Waals surface area contributed by atoms with Gasteiger partial charge in [0.15, 0.2) is 0 Å². The fraction of sp³-hybridized carbons (Fsp3) is 0.367. The molecule has 0 saturated carbocycles. The van der Waals surface area contributed by atoms with Crippen LogP contribution in [0.2, 0.25) is 5.02 Å². The average Bonchev–Trinajstić information content (AvgIpc) is 3.17. The van der Waals surface area contributed by atoms with Gasteiger partial charge in [-0.05, 0) is 37.6 Å². The Labute approximate surface area is 237 Å². The van der Waals surface area contributed by atoms with E-state index in [1.807, 2.05) is 80.6 Å². The van der Waals surface area contributed by atoms with Gasteiger partial charge in [0.25, 0.3) is 5.91 Å². The predicted molar refractivity (Wildman–Crippen MR) is 154 cm³/mol. The number of β-amino-alcohol motifs (C(OH)–C–C–N with tert-alkyl or cyclic N) is 1. The molecule has 0 aromatic heterocycles. The topological polar surface area (TPSA) is 81.2 Å². The monoisotopic (exact) mass is 563 g/mol. The highest BCUT2D eigenvalue weighted by Crippen LogP contribution is 2.65. The van der Waals surface area contributed by atoms with Crippen LogP contribution in [0.25, 0.3) is 0 Å². The second-order valence-corrected chi connectivity index (χ2v) is 12.9. The Morgan fingerprint density at radius 1 is 0.923 bits per heavy atom. The number of benzene rings is 2. The van der Waals surface area contributed by atoms with Crippen molar-refractivity contribution in [1.82, 2.24) is 4.90 Å². The Hall–Kier alpha value is -3.07. The minimum Gasteiger partial charge on any atom is -0.395 e. The number of aliphatic hydroxyl groups excluding tert-OH is 1. The van der Waals surface area contributed by atoms with Crippen molar-refractivity contribution in [3.63, 3.8) is 0 Å². The highest BCUT2D eigenvalue weighted by molar-refractivity contribution is 8.02. The number of thioether (sulfide) groups is 1. The maximum absolute atomic E-state index is 14.5. The van der Waals surface area contributed by atoms with Gasteiger partial charge in [0.05, 0.1) is 33.9 Å². The van der Waals surface area contributed by atoms with Gasteiger partial charge in [-0.1, -0.05) is 66.2 Å². The predicted octanol–water partition coefficient (Wildman–Crippen LogP) is 3.83. The van der Waals surface area contributed by atoms with Gasteiger partial charge in [-0.3, -0.25) is 14.4 Å². The molecular weight excluding hydrogens is 534 g/mol. The van der Waals surface area contributed by atoms with Crippen molar-refractivity contribution in [3.05, 3.63) is 83.4 Å². The van der Waals surface area contributed by atoms with Crippen LogP contribution in [0.1, 0.15) is 12.5 Å². The summed E-state index contributed by atoms with van der Waals surface area (Å²) < 4.78 is -1.68. The molecule has 1 unspecified atom stereocenters. The van der Waals surface area contributed by atoms with Crippen LogP contribution in [-0.2, 0) is 14.4 Å². The number of aliphatic hydroxyl groups is 1. The molecule has 2 aromatic carbocycles.